The van der Waals surface area contributed by atoms with Gasteiger partial charge in [-0.1, -0.05) is 24.3 Å². The second kappa shape index (κ2) is 9.28. The number of fused-ring (bicyclic) bond motifs is 1. The Morgan fingerprint density at radius 1 is 1.17 bits per heavy atom. The molecule has 2 aromatic heterocycles. The van der Waals surface area contributed by atoms with E-state index in [1.54, 1.807) is 24.5 Å². The first-order valence-electron chi connectivity index (χ1n) is 8.67. The molecule has 4 aromatic rings. The minimum Gasteiger partial charge on any atom is -0.493 e. The summed E-state index contributed by atoms with van der Waals surface area (Å²) >= 11 is 1.65. The lowest BCUT2D eigenvalue weighted by Crippen LogP contribution is -1.96. The van der Waals surface area contributed by atoms with Crippen LogP contribution in [0.5, 0.6) is 11.5 Å². The Bertz CT molecular complexity index is 1140. The predicted molar refractivity (Wildman–Crippen MR) is 118 cm³/mol. The molecule has 0 saturated carbocycles. The number of hydrogen-bond acceptors (Lipinski definition) is 5. The van der Waals surface area contributed by atoms with Gasteiger partial charge in [0.2, 0.25) is 0 Å². The van der Waals surface area contributed by atoms with Gasteiger partial charge < -0.3 is 14.5 Å². The number of ether oxygens (including phenoxy) is 2. The summed E-state index contributed by atoms with van der Waals surface area (Å²) in [6.45, 7) is 0.492. The number of allylic oxidation sites excluding steroid dienone is 1. The Morgan fingerprint density at radius 2 is 2.03 bits per heavy atom. The summed E-state index contributed by atoms with van der Waals surface area (Å²) in [7, 11) is 1.60. The van der Waals surface area contributed by atoms with Crippen LogP contribution in [-0.4, -0.2) is 17.1 Å². The van der Waals surface area contributed by atoms with Crippen LogP contribution in [0, 0.1) is 11.3 Å². The van der Waals surface area contributed by atoms with Gasteiger partial charge in [-0.2, -0.15) is 5.26 Å². The topological polar surface area (TPSA) is 70.9 Å². The van der Waals surface area contributed by atoms with Crippen molar-refractivity contribution in [3.05, 3.63) is 76.2 Å². The summed E-state index contributed by atoms with van der Waals surface area (Å²) in [5.41, 5.74) is 3.00. The number of benzene rings is 2. The van der Waals surface area contributed by atoms with E-state index in [0.29, 0.717) is 29.5 Å². The molecule has 5 nitrogen and oxygen atoms in total. The molecule has 4 rings (SSSR count). The average molecular weight is 424 g/mol. The molecule has 0 amide bonds. The molecule has 0 atom stereocenters. The quantitative estimate of drug-likeness (QED) is 0.404. The number of nitriles is 1. The lowest BCUT2D eigenvalue weighted by atomic mass is 10.1. The van der Waals surface area contributed by atoms with Gasteiger partial charge in [-0.3, -0.25) is 0 Å². The van der Waals surface area contributed by atoms with Gasteiger partial charge in [0.15, 0.2) is 11.5 Å². The molecular weight excluding hydrogens is 406 g/mol. The summed E-state index contributed by atoms with van der Waals surface area (Å²) in [5.74, 6) is 1.82. The monoisotopic (exact) mass is 423 g/mol. The van der Waals surface area contributed by atoms with Gasteiger partial charge in [-0.25, -0.2) is 4.98 Å². The number of nitrogens with zero attached hydrogens (tertiary/aromatic N) is 2. The zero-order valence-electron chi connectivity index (χ0n) is 15.6. The number of rotatable bonds is 6. The standard InChI is InChI=1S/C22H17N3O2S.ClH/c1-26-21-12-15(8-9-20(21)27-14-17-5-4-10-28-17)11-16(13-23)22-24-18-6-2-3-7-19(18)25-22;/h2-12H,14H2,1H3,(H,24,25);1H/b16-11+;. The van der Waals surface area contributed by atoms with E-state index in [4.69, 9.17) is 9.47 Å². The molecule has 146 valence electrons. The van der Waals surface area contributed by atoms with Gasteiger partial charge in [-0.15, -0.1) is 23.7 Å². The largest absolute Gasteiger partial charge is 0.493 e. The highest BCUT2D eigenvalue weighted by Gasteiger charge is 2.10. The molecule has 0 aliphatic rings. The molecule has 29 heavy (non-hydrogen) atoms. The molecule has 0 spiro atoms. The van der Waals surface area contributed by atoms with Crippen molar-refractivity contribution < 1.29 is 9.47 Å². The van der Waals surface area contributed by atoms with Crippen molar-refractivity contribution in [2.45, 2.75) is 6.61 Å². The van der Waals surface area contributed by atoms with Gasteiger partial charge in [-0.05, 0) is 47.4 Å². The molecular formula is C22H18ClN3O2S. The number of hydrogen-bond donors (Lipinski definition) is 1. The summed E-state index contributed by atoms with van der Waals surface area (Å²) in [6.07, 6.45) is 1.78. The lowest BCUT2D eigenvalue weighted by molar-refractivity contribution is 0.287. The number of methoxy groups -OCH3 is 1. The van der Waals surface area contributed by atoms with E-state index in [2.05, 4.69) is 16.0 Å². The smallest absolute Gasteiger partial charge is 0.161 e. The summed E-state index contributed by atoms with van der Waals surface area (Å²) in [4.78, 5) is 8.82. The zero-order valence-corrected chi connectivity index (χ0v) is 17.2. The number of imidazole rings is 1. The van der Waals surface area contributed by atoms with Gasteiger partial charge in [0, 0.05) is 4.88 Å². The van der Waals surface area contributed by atoms with Gasteiger partial charge in [0.25, 0.3) is 0 Å². The third-order valence-corrected chi connectivity index (χ3v) is 5.06. The second-order valence-corrected chi connectivity index (χ2v) is 7.08. The van der Waals surface area contributed by atoms with Gasteiger partial charge >= 0.3 is 0 Å². The van der Waals surface area contributed by atoms with Gasteiger partial charge in [0.1, 0.15) is 18.5 Å². The average Bonchev–Trinajstić information content (AvgIpc) is 3.40. The van der Waals surface area contributed by atoms with Crippen molar-refractivity contribution in [1.82, 2.24) is 9.97 Å². The van der Waals surface area contributed by atoms with E-state index >= 15 is 0 Å². The number of nitrogens with one attached hydrogen (secondary N) is 1. The molecule has 0 aliphatic carbocycles. The normalized spacial score (nSPS) is 11.0. The van der Waals surface area contributed by atoms with Crippen molar-refractivity contribution in [3.8, 4) is 17.6 Å². The van der Waals surface area contributed by atoms with E-state index in [1.165, 1.54) is 0 Å². The second-order valence-electron chi connectivity index (χ2n) is 6.05. The van der Waals surface area contributed by atoms with Crippen molar-refractivity contribution in [2.75, 3.05) is 7.11 Å². The van der Waals surface area contributed by atoms with Crippen LogP contribution in [0.15, 0.2) is 60.0 Å². The van der Waals surface area contributed by atoms with E-state index in [9.17, 15) is 5.26 Å². The molecule has 0 saturated heterocycles. The Balaban J connectivity index is 0.00000240. The van der Waals surface area contributed by atoms with Crippen molar-refractivity contribution in [2.24, 2.45) is 0 Å². The highest BCUT2D eigenvalue weighted by Crippen LogP contribution is 2.30. The highest BCUT2D eigenvalue weighted by atomic mass is 35.5. The molecule has 7 heteroatoms. The number of halogens is 1. The molecule has 0 fully saturated rings. The molecule has 0 radical (unpaired) electrons. The Kier molecular flexibility index (Phi) is 6.55. The molecule has 0 bridgehead atoms. The third kappa shape index (κ3) is 4.60. The maximum Gasteiger partial charge on any atom is 0.161 e. The molecule has 2 heterocycles. The Morgan fingerprint density at radius 3 is 2.76 bits per heavy atom. The summed E-state index contributed by atoms with van der Waals surface area (Å²) in [6, 6.07) is 19.5. The summed E-state index contributed by atoms with van der Waals surface area (Å²) < 4.78 is 11.3. The van der Waals surface area contributed by atoms with Crippen molar-refractivity contribution in [3.63, 3.8) is 0 Å². The van der Waals surface area contributed by atoms with Crippen molar-refractivity contribution >= 4 is 46.4 Å². The van der Waals surface area contributed by atoms with E-state index in [-0.39, 0.29) is 12.4 Å². The number of H-pyrrole nitrogens is 1. The van der Waals surface area contributed by atoms with E-state index in [1.807, 2.05) is 60.0 Å². The predicted octanol–water partition coefficient (Wildman–Crippen LogP) is 5.70. The van der Waals surface area contributed by atoms with Crippen LogP contribution < -0.4 is 9.47 Å². The van der Waals surface area contributed by atoms with E-state index in [0.717, 1.165) is 21.5 Å². The fourth-order valence-electron chi connectivity index (χ4n) is 2.84. The summed E-state index contributed by atoms with van der Waals surface area (Å²) in [5, 5.41) is 11.6. The first-order chi connectivity index (χ1) is 13.8. The van der Waals surface area contributed by atoms with Crippen LogP contribution in [0.1, 0.15) is 16.3 Å². The highest BCUT2D eigenvalue weighted by molar-refractivity contribution is 7.09. The Hall–Kier alpha value is -3.27. The van der Waals surface area contributed by atoms with Crippen LogP contribution in [0.3, 0.4) is 0 Å². The van der Waals surface area contributed by atoms with Gasteiger partial charge in [0.05, 0.1) is 23.7 Å². The third-order valence-electron chi connectivity index (χ3n) is 4.21. The first kappa shape index (κ1) is 20.5. The maximum atomic E-state index is 9.60. The fraction of sp³-hybridized carbons (Fsp3) is 0.0909. The zero-order chi connectivity index (χ0) is 19.3. The minimum atomic E-state index is 0. The van der Waals surface area contributed by atoms with E-state index < -0.39 is 0 Å². The Labute approximate surface area is 178 Å². The SMILES string of the molecule is COc1cc(/C=C(\C#N)c2nc3ccccc3[nH]2)ccc1OCc1cccs1.Cl. The first-order valence-corrected chi connectivity index (χ1v) is 9.55. The van der Waals surface area contributed by atoms with Crippen molar-refractivity contribution in [1.29, 1.82) is 5.26 Å². The van der Waals surface area contributed by atoms with Crippen LogP contribution in [-0.2, 0) is 6.61 Å². The molecule has 0 aliphatic heterocycles. The lowest BCUT2D eigenvalue weighted by Gasteiger charge is -2.10. The fourth-order valence-corrected chi connectivity index (χ4v) is 3.45. The van der Waals surface area contributed by atoms with Crippen LogP contribution >= 0.6 is 23.7 Å². The number of aromatic amines is 1. The molecule has 2 aromatic carbocycles. The molecule has 1 N–H and O–H groups in total. The number of thiophene rings is 1. The number of aromatic nitrogens is 2. The van der Waals surface area contributed by atoms with Crippen LogP contribution in [0.25, 0.3) is 22.7 Å². The van der Waals surface area contributed by atoms with Crippen LogP contribution in [0.4, 0.5) is 0 Å². The minimum absolute atomic E-state index is 0. The maximum absolute atomic E-state index is 9.60. The van der Waals surface area contributed by atoms with Crippen LogP contribution in [0.2, 0.25) is 0 Å². The number of para-hydroxylation sites is 2. The molecule has 0 unspecified atom stereocenters.